The molecule has 1 amide bonds. The molecule has 0 unspecified atom stereocenters. The van der Waals surface area contributed by atoms with Crippen LogP contribution in [-0.2, 0) is 8.87 Å². The molecule has 1 aromatic rings. The van der Waals surface area contributed by atoms with E-state index in [-0.39, 0.29) is 5.91 Å². The topological polar surface area (TPSA) is 29.1 Å². The highest BCUT2D eigenvalue weighted by molar-refractivity contribution is 8.24. The van der Waals surface area contributed by atoms with Gasteiger partial charge in [0, 0.05) is 11.3 Å². The zero-order valence-corrected chi connectivity index (χ0v) is 10.7. The van der Waals surface area contributed by atoms with Gasteiger partial charge >= 0.3 is 0 Å². The van der Waals surface area contributed by atoms with Gasteiger partial charge < -0.3 is 5.32 Å². The van der Waals surface area contributed by atoms with Crippen molar-refractivity contribution >= 4 is 35.1 Å². The molecule has 0 saturated carbocycles. The van der Waals surface area contributed by atoms with E-state index in [0.717, 1.165) is 16.8 Å². The van der Waals surface area contributed by atoms with Crippen LogP contribution >= 0.6 is 23.5 Å². The van der Waals surface area contributed by atoms with E-state index in [2.05, 4.69) is 24.4 Å². The number of anilines is 1. The summed E-state index contributed by atoms with van der Waals surface area (Å²) in [5.41, 5.74) is 4.47. The number of aryl methyl sites for hydroxylation is 2. The highest BCUT2D eigenvalue weighted by Crippen LogP contribution is 2.58. The number of fused-ring (bicyclic) bond motifs is 2. The predicted molar refractivity (Wildman–Crippen MR) is 70.5 cm³/mol. The molecule has 2 heterocycles. The Kier molecular flexibility index (Phi) is 2.13. The van der Waals surface area contributed by atoms with Gasteiger partial charge in [0.2, 0.25) is 0 Å². The molecule has 16 heavy (non-hydrogen) atoms. The molecular weight excluding hydrogens is 238 g/mol. The summed E-state index contributed by atoms with van der Waals surface area (Å²) in [5, 5.41) is 7.00. The van der Waals surface area contributed by atoms with Gasteiger partial charge in [0.05, 0.1) is 0 Å². The largest absolute Gasteiger partial charge is 0.323 e. The molecular formula is C12H11NOS2. The normalized spacial score (nSPS) is 20.2. The van der Waals surface area contributed by atoms with E-state index >= 15 is 0 Å². The van der Waals surface area contributed by atoms with Crippen LogP contribution < -0.4 is 5.32 Å². The molecule has 0 aliphatic carbocycles. The lowest BCUT2D eigenvalue weighted by atomic mass is 10.0. The summed E-state index contributed by atoms with van der Waals surface area (Å²) in [6.45, 7) is 4.12. The van der Waals surface area contributed by atoms with Gasteiger partial charge in [0.25, 0.3) is 5.91 Å². The first-order chi connectivity index (χ1) is 7.63. The van der Waals surface area contributed by atoms with Gasteiger partial charge in [0.1, 0.15) is 0 Å². The number of hydrogen-bond acceptors (Lipinski definition) is 3. The van der Waals surface area contributed by atoms with E-state index in [0.29, 0.717) is 0 Å². The lowest BCUT2D eigenvalue weighted by Gasteiger charge is -2.19. The van der Waals surface area contributed by atoms with Crippen molar-refractivity contribution in [3.05, 3.63) is 39.6 Å². The fourth-order valence-electron chi connectivity index (χ4n) is 2.22. The van der Waals surface area contributed by atoms with Crippen LogP contribution in [0.3, 0.4) is 0 Å². The number of nitrogens with one attached hydrogen (secondary N) is 1. The number of thioether (sulfide) groups is 2. The number of amides is 1. The standard InChI is InChI=1S/C12H11NOS2/c1-7-5-8(2)10-9(6-7)12(11(14)13-10)15-3-4-16-12/h3-6H,1-2H3,(H,13,14). The van der Waals surface area contributed by atoms with E-state index in [1.54, 1.807) is 23.5 Å². The van der Waals surface area contributed by atoms with Crippen molar-refractivity contribution in [3.63, 3.8) is 0 Å². The smallest absolute Gasteiger partial charge is 0.256 e. The first-order valence-electron chi connectivity index (χ1n) is 5.07. The average molecular weight is 249 g/mol. The number of benzene rings is 1. The van der Waals surface area contributed by atoms with Gasteiger partial charge in [-0.05, 0) is 30.2 Å². The van der Waals surface area contributed by atoms with Crippen molar-refractivity contribution < 1.29 is 4.79 Å². The average Bonchev–Trinajstić information content (AvgIpc) is 2.79. The third kappa shape index (κ3) is 1.20. The fraction of sp³-hybridized carbons (Fsp3) is 0.250. The second-order valence-electron chi connectivity index (χ2n) is 4.08. The second-order valence-corrected chi connectivity index (χ2v) is 6.58. The van der Waals surface area contributed by atoms with Crippen LogP contribution in [0.25, 0.3) is 0 Å². The maximum atomic E-state index is 12.1. The molecule has 0 saturated heterocycles. The molecule has 1 N–H and O–H groups in total. The lowest BCUT2D eigenvalue weighted by Crippen LogP contribution is -2.24. The molecule has 4 heteroatoms. The lowest BCUT2D eigenvalue weighted by molar-refractivity contribution is -0.116. The van der Waals surface area contributed by atoms with Gasteiger partial charge in [-0.2, -0.15) is 0 Å². The van der Waals surface area contributed by atoms with E-state index in [4.69, 9.17) is 0 Å². The Labute approximate surface area is 103 Å². The quantitative estimate of drug-likeness (QED) is 0.764. The van der Waals surface area contributed by atoms with Crippen molar-refractivity contribution in [1.29, 1.82) is 0 Å². The summed E-state index contributed by atoms with van der Waals surface area (Å²) in [5.74, 6) is 0.0937. The van der Waals surface area contributed by atoms with Crippen LogP contribution in [0.1, 0.15) is 16.7 Å². The zero-order valence-electron chi connectivity index (χ0n) is 9.03. The summed E-state index contributed by atoms with van der Waals surface area (Å²) in [6, 6.07) is 4.23. The molecule has 0 fully saturated rings. The molecule has 0 aromatic heterocycles. The minimum atomic E-state index is -0.466. The van der Waals surface area contributed by atoms with Crippen LogP contribution in [0, 0.1) is 13.8 Å². The number of carbonyl (C=O) groups excluding carboxylic acids is 1. The molecule has 2 aliphatic rings. The summed E-state index contributed by atoms with van der Waals surface area (Å²) in [7, 11) is 0. The Hall–Kier alpha value is -0.870. The van der Waals surface area contributed by atoms with Gasteiger partial charge in [-0.15, -0.1) is 23.5 Å². The highest BCUT2D eigenvalue weighted by atomic mass is 32.2. The Morgan fingerprint density at radius 2 is 1.88 bits per heavy atom. The van der Waals surface area contributed by atoms with Crippen LogP contribution in [0.5, 0.6) is 0 Å². The zero-order chi connectivity index (χ0) is 11.3. The maximum absolute atomic E-state index is 12.1. The van der Waals surface area contributed by atoms with Crippen LogP contribution in [0.4, 0.5) is 5.69 Å². The maximum Gasteiger partial charge on any atom is 0.256 e. The third-order valence-corrected chi connectivity index (χ3v) is 5.66. The fourth-order valence-corrected chi connectivity index (χ4v) is 4.50. The number of rotatable bonds is 0. The molecule has 82 valence electrons. The van der Waals surface area contributed by atoms with Gasteiger partial charge in [-0.25, -0.2) is 0 Å². The summed E-state index contributed by atoms with van der Waals surface area (Å²) in [6.07, 6.45) is 0. The van der Waals surface area contributed by atoms with Crippen molar-refractivity contribution in [1.82, 2.24) is 0 Å². The molecule has 0 atom stereocenters. The van der Waals surface area contributed by atoms with Crippen LogP contribution in [0.15, 0.2) is 22.9 Å². The van der Waals surface area contributed by atoms with E-state index < -0.39 is 4.08 Å². The van der Waals surface area contributed by atoms with E-state index in [1.807, 2.05) is 17.7 Å². The molecule has 0 radical (unpaired) electrons. The van der Waals surface area contributed by atoms with Crippen LogP contribution in [0.2, 0.25) is 0 Å². The van der Waals surface area contributed by atoms with E-state index in [1.165, 1.54) is 5.56 Å². The summed E-state index contributed by atoms with van der Waals surface area (Å²) < 4.78 is -0.466. The summed E-state index contributed by atoms with van der Waals surface area (Å²) >= 11 is 3.18. The Morgan fingerprint density at radius 3 is 2.56 bits per heavy atom. The molecule has 2 aliphatic heterocycles. The minimum absolute atomic E-state index is 0.0937. The summed E-state index contributed by atoms with van der Waals surface area (Å²) in [4.78, 5) is 12.1. The monoisotopic (exact) mass is 249 g/mol. The molecule has 0 bridgehead atoms. The Morgan fingerprint density at radius 1 is 1.19 bits per heavy atom. The van der Waals surface area contributed by atoms with Crippen molar-refractivity contribution in [2.24, 2.45) is 0 Å². The number of carbonyl (C=O) groups is 1. The first-order valence-corrected chi connectivity index (χ1v) is 6.83. The Balaban J connectivity index is 2.24. The molecule has 2 nitrogen and oxygen atoms in total. The van der Waals surface area contributed by atoms with E-state index in [9.17, 15) is 4.79 Å². The first kappa shape index (κ1) is 10.3. The van der Waals surface area contributed by atoms with Crippen molar-refractivity contribution in [3.8, 4) is 0 Å². The Bertz CT molecular complexity index is 514. The van der Waals surface area contributed by atoms with Gasteiger partial charge in [-0.1, -0.05) is 17.7 Å². The van der Waals surface area contributed by atoms with Crippen molar-refractivity contribution in [2.75, 3.05) is 5.32 Å². The molecule has 1 aromatic carbocycles. The SMILES string of the molecule is Cc1cc(C)c2c(c1)C1(SC=CS1)C(=O)N2. The van der Waals surface area contributed by atoms with Crippen molar-refractivity contribution in [2.45, 2.75) is 17.9 Å². The molecule has 3 rings (SSSR count). The molecule has 1 spiro atoms. The third-order valence-electron chi connectivity index (χ3n) is 2.90. The van der Waals surface area contributed by atoms with Gasteiger partial charge in [-0.3, -0.25) is 4.79 Å². The highest BCUT2D eigenvalue weighted by Gasteiger charge is 2.49. The minimum Gasteiger partial charge on any atom is -0.323 e. The predicted octanol–water partition coefficient (Wildman–Crippen LogP) is 3.36. The second kappa shape index (κ2) is 3.31. The van der Waals surface area contributed by atoms with Crippen LogP contribution in [-0.4, -0.2) is 5.91 Å². The van der Waals surface area contributed by atoms with Gasteiger partial charge in [0.15, 0.2) is 4.08 Å². The number of hydrogen-bond donors (Lipinski definition) is 1.